The second-order valence-corrected chi connectivity index (χ2v) is 8.92. The second-order valence-electron chi connectivity index (χ2n) is 6.95. The minimum Gasteiger partial charge on any atom is -0.350 e. The van der Waals surface area contributed by atoms with E-state index in [1.54, 1.807) is 42.5 Å². The minimum atomic E-state index is -3.66. The maximum atomic E-state index is 12.9. The van der Waals surface area contributed by atoms with Crippen molar-refractivity contribution in [2.75, 3.05) is 11.4 Å². The molecule has 0 aliphatic rings. The molecule has 0 fully saturated rings. The molecule has 1 atom stereocenters. The summed E-state index contributed by atoms with van der Waals surface area (Å²) in [4.78, 5) is 12.6. The number of amides is 1. The largest absolute Gasteiger partial charge is 0.350 e. The Labute approximate surface area is 162 Å². The van der Waals surface area contributed by atoms with Crippen molar-refractivity contribution in [2.45, 2.75) is 51.5 Å². The van der Waals surface area contributed by atoms with Crippen molar-refractivity contribution in [1.29, 1.82) is 0 Å². The Morgan fingerprint density at radius 1 is 1.11 bits per heavy atom. The Balaban J connectivity index is 2.26. The molecule has 1 N–H and O–H groups in total. The smallest absolute Gasteiger partial charge is 0.264 e. The van der Waals surface area contributed by atoms with Gasteiger partial charge >= 0.3 is 0 Å². The third-order valence-electron chi connectivity index (χ3n) is 4.58. The summed E-state index contributed by atoms with van der Waals surface area (Å²) in [5.74, 6) is -0.144. The number of hydrogen-bond donors (Lipinski definition) is 1. The Kier molecular flexibility index (Phi) is 6.65. The van der Waals surface area contributed by atoms with Gasteiger partial charge in [0.1, 0.15) is 0 Å². The lowest BCUT2D eigenvalue weighted by molar-refractivity contribution is 0.0938. The van der Waals surface area contributed by atoms with Crippen molar-refractivity contribution in [3.05, 3.63) is 59.2 Å². The van der Waals surface area contributed by atoms with Crippen molar-refractivity contribution in [1.82, 2.24) is 5.32 Å². The first-order chi connectivity index (χ1) is 12.7. The first kappa shape index (κ1) is 21.0. The minimum absolute atomic E-state index is 0.104. The third kappa shape index (κ3) is 4.89. The number of sulfonamides is 1. The number of benzene rings is 2. The summed E-state index contributed by atoms with van der Waals surface area (Å²) in [6.07, 6.45) is 1.92. The van der Waals surface area contributed by atoms with Crippen molar-refractivity contribution >= 4 is 21.6 Å². The molecule has 0 saturated heterocycles. The van der Waals surface area contributed by atoms with Crippen LogP contribution in [0.25, 0.3) is 0 Å². The highest BCUT2D eigenvalue weighted by Crippen LogP contribution is 2.26. The quantitative estimate of drug-likeness (QED) is 0.778. The van der Waals surface area contributed by atoms with Crippen LogP contribution in [0.3, 0.4) is 0 Å². The van der Waals surface area contributed by atoms with E-state index < -0.39 is 10.0 Å². The van der Waals surface area contributed by atoms with Crippen LogP contribution in [0.1, 0.15) is 48.2 Å². The molecule has 0 saturated carbocycles. The van der Waals surface area contributed by atoms with Crippen LogP contribution in [-0.4, -0.2) is 27.4 Å². The predicted octanol–water partition coefficient (Wildman–Crippen LogP) is 4.05. The molecule has 0 unspecified atom stereocenters. The fourth-order valence-corrected chi connectivity index (χ4v) is 4.22. The fraction of sp³-hybridized carbons (Fsp3) is 0.381. The standard InChI is InChI=1S/C21H28N2O3S/c1-6-7-17(4)22-21(24)18-10-13-20(16(3)14-18)23(5)27(25,26)19-11-8-15(2)9-12-19/h8-14,17H,6-7H2,1-5H3,(H,22,24)/t17-/m0/s1. The number of nitrogens with zero attached hydrogens (tertiary/aromatic N) is 1. The third-order valence-corrected chi connectivity index (χ3v) is 6.36. The molecule has 5 nitrogen and oxygen atoms in total. The Hall–Kier alpha value is -2.34. The summed E-state index contributed by atoms with van der Waals surface area (Å²) in [6, 6.07) is 11.9. The number of carbonyl (C=O) groups is 1. The van der Waals surface area contributed by atoms with Crippen molar-refractivity contribution < 1.29 is 13.2 Å². The molecular formula is C21H28N2O3S. The van der Waals surface area contributed by atoms with E-state index in [1.165, 1.54) is 11.4 Å². The van der Waals surface area contributed by atoms with Crippen LogP contribution in [0.15, 0.2) is 47.4 Å². The maximum absolute atomic E-state index is 12.9. The molecular weight excluding hydrogens is 360 g/mol. The Morgan fingerprint density at radius 3 is 2.30 bits per heavy atom. The van der Waals surface area contributed by atoms with E-state index in [4.69, 9.17) is 0 Å². The van der Waals surface area contributed by atoms with E-state index in [9.17, 15) is 13.2 Å². The van der Waals surface area contributed by atoms with Crippen molar-refractivity contribution in [3.8, 4) is 0 Å². The van der Waals surface area contributed by atoms with Gasteiger partial charge in [0.2, 0.25) is 0 Å². The van der Waals surface area contributed by atoms with Crippen LogP contribution in [0, 0.1) is 13.8 Å². The van der Waals surface area contributed by atoms with Crippen LogP contribution in [0.4, 0.5) is 5.69 Å². The van der Waals surface area contributed by atoms with Gasteiger partial charge in [-0.2, -0.15) is 0 Å². The molecule has 0 heterocycles. The van der Waals surface area contributed by atoms with Gasteiger partial charge in [-0.1, -0.05) is 31.0 Å². The highest BCUT2D eigenvalue weighted by atomic mass is 32.2. The fourth-order valence-electron chi connectivity index (χ4n) is 2.96. The number of aryl methyl sites for hydroxylation is 2. The molecule has 2 aromatic carbocycles. The molecule has 0 aliphatic heterocycles. The molecule has 0 bridgehead atoms. The highest BCUT2D eigenvalue weighted by Gasteiger charge is 2.23. The van der Waals surface area contributed by atoms with Gasteiger partial charge in [0.05, 0.1) is 10.6 Å². The van der Waals surface area contributed by atoms with Gasteiger partial charge in [-0.15, -0.1) is 0 Å². The van der Waals surface area contributed by atoms with Crippen LogP contribution in [0.2, 0.25) is 0 Å². The average Bonchev–Trinajstić information content (AvgIpc) is 2.61. The van der Waals surface area contributed by atoms with E-state index >= 15 is 0 Å². The molecule has 0 spiro atoms. The van der Waals surface area contributed by atoms with Crippen molar-refractivity contribution in [3.63, 3.8) is 0 Å². The Morgan fingerprint density at radius 2 is 1.74 bits per heavy atom. The lowest BCUT2D eigenvalue weighted by atomic mass is 10.1. The number of hydrogen-bond acceptors (Lipinski definition) is 3. The van der Waals surface area contributed by atoms with Gasteiger partial charge in [0.25, 0.3) is 15.9 Å². The molecule has 146 valence electrons. The number of nitrogens with one attached hydrogen (secondary N) is 1. The molecule has 27 heavy (non-hydrogen) atoms. The van der Waals surface area contributed by atoms with Crippen molar-refractivity contribution in [2.24, 2.45) is 0 Å². The number of anilines is 1. The van der Waals surface area contributed by atoms with E-state index in [2.05, 4.69) is 12.2 Å². The zero-order valence-corrected chi connectivity index (χ0v) is 17.4. The summed E-state index contributed by atoms with van der Waals surface area (Å²) < 4.78 is 27.0. The number of rotatable bonds is 7. The van der Waals surface area contributed by atoms with E-state index in [-0.39, 0.29) is 16.8 Å². The Bertz CT molecular complexity index is 906. The zero-order chi connectivity index (χ0) is 20.2. The van der Waals surface area contributed by atoms with Crippen LogP contribution in [0.5, 0.6) is 0 Å². The summed E-state index contributed by atoms with van der Waals surface area (Å²) in [6.45, 7) is 7.77. The van der Waals surface area contributed by atoms with Crippen LogP contribution in [-0.2, 0) is 10.0 Å². The normalized spacial score (nSPS) is 12.5. The van der Waals surface area contributed by atoms with E-state index in [1.807, 2.05) is 20.8 Å². The van der Waals surface area contributed by atoms with Gasteiger partial charge < -0.3 is 5.32 Å². The first-order valence-corrected chi connectivity index (χ1v) is 10.6. The summed E-state index contributed by atoms with van der Waals surface area (Å²) in [5, 5.41) is 2.96. The average molecular weight is 389 g/mol. The molecule has 1 amide bonds. The molecule has 0 aromatic heterocycles. The molecule has 0 radical (unpaired) electrons. The second kappa shape index (κ2) is 8.57. The predicted molar refractivity (Wildman–Crippen MR) is 110 cm³/mol. The molecule has 2 aromatic rings. The highest BCUT2D eigenvalue weighted by molar-refractivity contribution is 7.92. The van der Waals surface area contributed by atoms with Gasteiger partial charge in [-0.05, 0) is 63.1 Å². The van der Waals surface area contributed by atoms with E-state index in [0.717, 1.165) is 24.0 Å². The summed E-state index contributed by atoms with van der Waals surface area (Å²) >= 11 is 0. The monoisotopic (exact) mass is 388 g/mol. The lowest BCUT2D eigenvalue weighted by Gasteiger charge is -2.22. The number of carbonyl (C=O) groups excluding carboxylic acids is 1. The maximum Gasteiger partial charge on any atom is 0.264 e. The van der Waals surface area contributed by atoms with Gasteiger partial charge in [-0.25, -0.2) is 8.42 Å². The topological polar surface area (TPSA) is 66.5 Å². The van der Waals surface area contributed by atoms with Gasteiger partial charge in [-0.3, -0.25) is 9.10 Å². The lowest BCUT2D eigenvalue weighted by Crippen LogP contribution is -2.32. The van der Waals surface area contributed by atoms with E-state index in [0.29, 0.717) is 11.3 Å². The summed E-state index contributed by atoms with van der Waals surface area (Å²) in [5.41, 5.74) is 2.80. The SMILES string of the molecule is CCC[C@H](C)NC(=O)c1ccc(N(C)S(=O)(=O)c2ccc(C)cc2)c(C)c1. The van der Waals surface area contributed by atoms with Gasteiger partial charge in [0, 0.05) is 18.7 Å². The molecule has 6 heteroatoms. The zero-order valence-electron chi connectivity index (χ0n) is 16.6. The first-order valence-electron chi connectivity index (χ1n) is 9.14. The van der Waals surface area contributed by atoms with Crippen LogP contribution >= 0.6 is 0 Å². The molecule has 0 aliphatic carbocycles. The summed E-state index contributed by atoms with van der Waals surface area (Å²) in [7, 11) is -2.13. The van der Waals surface area contributed by atoms with Crippen LogP contribution < -0.4 is 9.62 Å². The van der Waals surface area contributed by atoms with Gasteiger partial charge in [0.15, 0.2) is 0 Å². The molecule has 2 rings (SSSR count).